The van der Waals surface area contributed by atoms with Gasteiger partial charge in [0.15, 0.2) is 5.75 Å². The molecule has 1 aliphatic rings. The molecule has 0 amide bonds. The highest BCUT2D eigenvalue weighted by atomic mass is 16.5. The molecule has 0 aliphatic carbocycles. The Hall–Kier alpha value is -2.50. The monoisotopic (exact) mass is 368 g/mol. The lowest BCUT2D eigenvalue weighted by atomic mass is 9.92. The summed E-state index contributed by atoms with van der Waals surface area (Å²) in [5.41, 5.74) is 4.77. The van der Waals surface area contributed by atoms with Crippen molar-refractivity contribution in [1.82, 2.24) is 5.32 Å². The van der Waals surface area contributed by atoms with Crippen LogP contribution >= 0.6 is 0 Å². The quantitative estimate of drug-likeness (QED) is 0.622. The Kier molecular flexibility index (Phi) is 5.44. The lowest BCUT2D eigenvalue weighted by molar-refractivity contribution is 0.157. The van der Waals surface area contributed by atoms with Crippen molar-refractivity contribution in [3.63, 3.8) is 0 Å². The molecule has 27 heavy (non-hydrogen) atoms. The summed E-state index contributed by atoms with van der Waals surface area (Å²) < 4.78 is 5.54. The highest BCUT2D eigenvalue weighted by Gasteiger charge is 2.24. The summed E-state index contributed by atoms with van der Waals surface area (Å²) in [6.45, 7) is 8.80. The molecule has 0 fully saturated rings. The third-order valence-electron chi connectivity index (χ3n) is 4.66. The number of ether oxygens (including phenoxy) is 1. The van der Waals surface area contributed by atoms with Crippen molar-refractivity contribution < 1.29 is 14.9 Å². The average Bonchev–Trinajstić information content (AvgIpc) is 2.57. The van der Waals surface area contributed by atoms with Gasteiger partial charge in [-0.05, 0) is 45.7 Å². The van der Waals surface area contributed by atoms with Crippen molar-refractivity contribution in [2.24, 2.45) is 0 Å². The van der Waals surface area contributed by atoms with Crippen molar-refractivity contribution in [2.45, 2.75) is 45.8 Å². The number of benzene rings is 2. The summed E-state index contributed by atoms with van der Waals surface area (Å²) in [7, 11) is 0. The van der Waals surface area contributed by atoms with E-state index < -0.39 is 6.10 Å². The Balaban J connectivity index is 1.70. The van der Waals surface area contributed by atoms with Crippen LogP contribution in [-0.2, 0) is 6.42 Å². The van der Waals surface area contributed by atoms with Gasteiger partial charge in [0.2, 0.25) is 0 Å². The number of phenols is 1. The van der Waals surface area contributed by atoms with E-state index in [9.17, 15) is 10.2 Å². The number of phenolic OH excluding ortho intramolecular Hbond substituents is 1. The zero-order valence-electron chi connectivity index (χ0n) is 16.3. The molecule has 0 saturated carbocycles. The first-order chi connectivity index (χ1) is 12.7. The van der Waals surface area contributed by atoms with Crippen LogP contribution < -0.4 is 15.4 Å². The van der Waals surface area contributed by atoms with Gasteiger partial charge in [0.1, 0.15) is 12.0 Å². The molecule has 1 aliphatic heterocycles. The maximum absolute atomic E-state index is 10.7. The minimum absolute atomic E-state index is 0.0868. The van der Waals surface area contributed by atoms with E-state index in [1.54, 1.807) is 18.3 Å². The smallest absolute Gasteiger partial charge is 0.156 e. The van der Waals surface area contributed by atoms with Crippen molar-refractivity contribution in [3.8, 4) is 11.5 Å². The zero-order chi connectivity index (χ0) is 19.6. The van der Waals surface area contributed by atoms with Crippen LogP contribution in [0.15, 0.2) is 42.8 Å². The van der Waals surface area contributed by atoms with Gasteiger partial charge in [-0.1, -0.05) is 29.3 Å². The molecule has 2 aromatic carbocycles. The average molecular weight is 368 g/mol. The molecule has 1 unspecified atom stereocenters. The molecule has 0 spiro atoms. The van der Waals surface area contributed by atoms with Gasteiger partial charge in [-0.25, -0.2) is 0 Å². The second-order valence-electron chi connectivity index (χ2n) is 7.93. The number of hydrogen-bond donors (Lipinski definition) is 4. The van der Waals surface area contributed by atoms with E-state index in [1.807, 2.05) is 0 Å². The number of hydrogen-bond acceptors (Lipinski definition) is 5. The number of aromatic hydroxyl groups is 1. The first-order valence-corrected chi connectivity index (χ1v) is 9.19. The van der Waals surface area contributed by atoms with Gasteiger partial charge in [-0.15, -0.1) is 0 Å². The van der Waals surface area contributed by atoms with E-state index in [0.717, 1.165) is 6.42 Å². The molecule has 144 valence electrons. The molecular weight excluding hydrogens is 340 g/mol. The van der Waals surface area contributed by atoms with E-state index in [0.29, 0.717) is 23.5 Å². The van der Waals surface area contributed by atoms with Crippen LogP contribution in [0.5, 0.6) is 11.5 Å². The molecule has 4 N–H and O–H groups in total. The molecule has 0 aromatic heterocycles. The zero-order valence-corrected chi connectivity index (χ0v) is 16.3. The molecule has 5 heteroatoms. The summed E-state index contributed by atoms with van der Waals surface area (Å²) in [5, 5.41) is 27.1. The van der Waals surface area contributed by atoms with Crippen LogP contribution in [-0.4, -0.2) is 22.3 Å². The van der Waals surface area contributed by atoms with Crippen LogP contribution in [0.2, 0.25) is 0 Å². The van der Waals surface area contributed by atoms with E-state index in [-0.39, 0.29) is 11.3 Å². The Labute approximate surface area is 160 Å². The van der Waals surface area contributed by atoms with Crippen molar-refractivity contribution in [1.29, 1.82) is 0 Å². The third kappa shape index (κ3) is 4.81. The number of nitrogens with one attached hydrogen (secondary N) is 2. The van der Waals surface area contributed by atoms with Gasteiger partial charge in [-0.2, -0.15) is 0 Å². The second-order valence-corrected chi connectivity index (χ2v) is 7.93. The van der Waals surface area contributed by atoms with Gasteiger partial charge in [0.05, 0.1) is 11.8 Å². The second kappa shape index (κ2) is 7.62. The molecule has 1 heterocycles. The maximum Gasteiger partial charge on any atom is 0.156 e. The normalized spacial score (nSPS) is 14.3. The lowest BCUT2D eigenvalue weighted by Crippen LogP contribution is -2.43. The highest BCUT2D eigenvalue weighted by Crippen LogP contribution is 2.38. The predicted octanol–water partition coefficient (Wildman–Crippen LogP) is 3.93. The van der Waals surface area contributed by atoms with E-state index in [4.69, 9.17) is 4.74 Å². The summed E-state index contributed by atoms with van der Waals surface area (Å²) in [5.74, 6) is 0.625. The van der Waals surface area contributed by atoms with Gasteiger partial charge < -0.3 is 25.6 Å². The Morgan fingerprint density at radius 1 is 1.11 bits per heavy atom. The van der Waals surface area contributed by atoms with Crippen molar-refractivity contribution in [3.05, 3.63) is 65.0 Å². The third-order valence-corrected chi connectivity index (χ3v) is 4.66. The molecular formula is C22H28N2O3. The van der Waals surface area contributed by atoms with Crippen LogP contribution in [0.3, 0.4) is 0 Å². The SMILES string of the molecule is Cc1cc(C)cc(CC(C)(C)NCC(O)c2cc(O)cc3c2OC=CN3)c1. The lowest BCUT2D eigenvalue weighted by Gasteiger charge is -2.29. The van der Waals surface area contributed by atoms with Gasteiger partial charge in [0, 0.05) is 29.9 Å². The van der Waals surface area contributed by atoms with Crippen LogP contribution in [0, 0.1) is 13.8 Å². The number of rotatable bonds is 6. The molecule has 2 aromatic rings. The molecule has 3 rings (SSSR count). The predicted molar refractivity (Wildman–Crippen MR) is 108 cm³/mol. The molecule has 1 atom stereocenters. The van der Waals surface area contributed by atoms with Crippen LogP contribution in [0.1, 0.15) is 42.2 Å². The topological polar surface area (TPSA) is 73.8 Å². The van der Waals surface area contributed by atoms with Gasteiger partial charge in [-0.3, -0.25) is 0 Å². The Morgan fingerprint density at radius 3 is 2.52 bits per heavy atom. The van der Waals surface area contributed by atoms with E-state index >= 15 is 0 Å². The van der Waals surface area contributed by atoms with Crippen molar-refractivity contribution in [2.75, 3.05) is 11.9 Å². The largest absolute Gasteiger partial charge is 0.508 e. The minimum atomic E-state index is -0.808. The minimum Gasteiger partial charge on any atom is -0.508 e. The van der Waals surface area contributed by atoms with Gasteiger partial charge >= 0.3 is 0 Å². The van der Waals surface area contributed by atoms with Crippen LogP contribution in [0.4, 0.5) is 5.69 Å². The Morgan fingerprint density at radius 2 is 1.81 bits per heavy atom. The maximum atomic E-state index is 10.7. The number of aliphatic hydroxyl groups excluding tert-OH is 1. The molecule has 0 bridgehead atoms. The summed E-state index contributed by atoms with van der Waals surface area (Å²) in [6, 6.07) is 9.69. The number of anilines is 1. The first kappa shape index (κ1) is 19.3. The fourth-order valence-corrected chi connectivity index (χ4v) is 3.57. The number of aliphatic hydroxyl groups is 1. The van der Waals surface area contributed by atoms with Crippen LogP contribution in [0.25, 0.3) is 0 Å². The Bertz CT molecular complexity index is 839. The van der Waals surface area contributed by atoms with E-state index in [1.165, 1.54) is 23.0 Å². The molecule has 0 saturated heterocycles. The number of fused-ring (bicyclic) bond motifs is 1. The van der Waals surface area contributed by atoms with Gasteiger partial charge in [0.25, 0.3) is 0 Å². The van der Waals surface area contributed by atoms with E-state index in [2.05, 4.69) is 56.5 Å². The standard InChI is InChI=1S/C22H28N2O3/c1-14-7-15(2)9-16(8-14)12-22(3,4)24-13-20(26)18-10-17(25)11-19-21(18)27-6-5-23-19/h5-11,20,23-26H,12-13H2,1-4H3. The fraction of sp³-hybridized carbons (Fsp3) is 0.364. The highest BCUT2D eigenvalue weighted by molar-refractivity contribution is 5.66. The molecule has 5 nitrogen and oxygen atoms in total. The molecule has 0 radical (unpaired) electrons. The summed E-state index contributed by atoms with van der Waals surface area (Å²) >= 11 is 0. The first-order valence-electron chi connectivity index (χ1n) is 9.19. The summed E-state index contributed by atoms with van der Waals surface area (Å²) in [6.07, 6.45) is 3.20. The summed E-state index contributed by atoms with van der Waals surface area (Å²) in [4.78, 5) is 0. The number of aryl methyl sites for hydroxylation is 2. The fourth-order valence-electron chi connectivity index (χ4n) is 3.57. The van der Waals surface area contributed by atoms with Crippen molar-refractivity contribution >= 4 is 5.69 Å². The number of β-amino-alcohol motifs (C(OH)–C–C–N with tert-alkyl or cyclic N) is 1.